The van der Waals surface area contributed by atoms with Crippen LogP contribution in [0, 0.1) is 13.8 Å². The quantitative estimate of drug-likeness (QED) is 0.506. The molecule has 0 aliphatic heterocycles. The van der Waals surface area contributed by atoms with Crippen LogP contribution >= 0.6 is 23.2 Å². The monoisotopic (exact) mass is 517 g/mol. The smallest absolute Gasteiger partial charge is 0.330 e. The second-order valence-electron chi connectivity index (χ2n) is 8.17. The molecule has 3 rings (SSSR count). The SMILES string of the molecule is COC(=O)C(Cc1ccc(-c2c(C)n(C)c(=O)n(C)c2=O)c(C)c1)NC(=O)c1c(Cl)cccc1Cl. The summed E-state index contributed by atoms with van der Waals surface area (Å²) >= 11 is 12.3. The average molecular weight is 518 g/mol. The zero-order chi connectivity index (χ0) is 26.0. The van der Waals surface area contributed by atoms with Crippen molar-refractivity contribution >= 4 is 35.1 Å². The van der Waals surface area contributed by atoms with Gasteiger partial charge in [0.05, 0.1) is 28.3 Å². The summed E-state index contributed by atoms with van der Waals surface area (Å²) in [7, 11) is 4.28. The van der Waals surface area contributed by atoms with E-state index in [0.717, 1.165) is 15.7 Å². The molecule has 1 N–H and O–H groups in total. The van der Waals surface area contributed by atoms with E-state index in [-0.39, 0.29) is 22.0 Å². The Kier molecular flexibility index (Phi) is 7.87. The molecule has 0 aliphatic rings. The van der Waals surface area contributed by atoms with Crippen LogP contribution in [0.5, 0.6) is 0 Å². The molecule has 0 radical (unpaired) electrons. The van der Waals surface area contributed by atoms with E-state index in [1.165, 1.54) is 30.9 Å². The molecular formula is C25H25Cl2N3O5. The predicted molar refractivity (Wildman–Crippen MR) is 135 cm³/mol. The highest BCUT2D eigenvalue weighted by atomic mass is 35.5. The third-order valence-electron chi connectivity index (χ3n) is 5.94. The first-order valence-electron chi connectivity index (χ1n) is 10.7. The molecule has 0 saturated carbocycles. The van der Waals surface area contributed by atoms with Gasteiger partial charge >= 0.3 is 11.7 Å². The first kappa shape index (κ1) is 26.2. The number of halogens is 2. The highest BCUT2D eigenvalue weighted by Crippen LogP contribution is 2.26. The summed E-state index contributed by atoms with van der Waals surface area (Å²) in [5, 5.41) is 2.97. The maximum absolute atomic E-state index is 12.8. The topological polar surface area (TPSA) is 99.4 Å². The summed E-state index contributed by atoms with van der Waals surface area (Å²) in [5.41, 5.74) is 2.41. The van der Waals surface area contributed by atoms with Crippen molar-refractivity contribution in [2.45, 2.75) is 26.3 Å². The lowest BCUT2D eigenvalue weighted by Crippen LogP contribution is -2.43. The summed E-state index contributed by atoms with van der Waals surface area (Å²) in [6.45, 7) is 3.55. The van der Waals surface area contributed by atoms with Gasteiger partial charge in [-0.3, -0.25) is 14.2 Å². The zero-order valence-corrected chi connectivity index (χ0v) is 21.5. The standard InChI is InChI=1S/C25H25Cl2N3O5/c1-13-11-15(9-10-16(13)20-14(2)29(3)25(34)30(4)23(20)32)12-19(24(33)35-5)28-22(31)21-17(26)7-6-8-18(21)27/h6-11,19H,12H2,1-5H3,(H,28,31). The molecule has 35 heavy (non-hydrogen) atoms. The van der Waals surface area contributed by atoms with Gasteiger partial charge in [0.15, 0.2) is 0 Å². The Bertz CT molecular complexity index is 1420. The number of nitrogens with one attached hydrogen (secondary N) is 1. The lowest BCUT2D eigenvalue weighted by molar-refractivity contribution is -0.142. The van der Waals surface area contributed by atoms with Crippen molar-refractivity contribution in [3.05, 3.63) is 89.7 Å². The number of esters is 1. The molecule has 1 amide bonds. The first-order chi connectivity index (χ1) is 16.5. The predicted octanol–water partition coefficient (Wildman–Crippen LogP) is 3.19. The third-order valence-corrected chi connectivity index (χ3v) is 6.57. The number of carbonyl (C=O) groups is 2. The van der Waals surface area contributed by atoms with E-state index in [2.05, 4.69) is 5.32 Å². The van der Waals surface area contributed by atoms with Gasteiger partial charge in [0.1, 0.15) is 6.04 Å². The largest absolute Gasteiger partial charge is 0.467 e. The van der Waals surface area contributed by atoms with E-state index < -0.39 is 29.2 Å². The average Bonchev–Trinajstić information content (AvgIpc) is 2.81. The van der Waals surface area contributed by atoms with Crippen molar-refractivity contribution in [1.29, 1.82) is 0 Å². The van der Waals surface area contributed by atoms with Gasteiger partial charge in [-0.2, -0.15) is 0 Å². The van der Waals surface area contributed by atoms with Crippen molar-refractivity contribution in [3.8, 4) is 11.1 Å². The number of aryl methyl sites for hydroxylation is 1. The summed E-state index contributed by atoms with van der Waals surface area (Å²) in [5.74, 6) is -1.24. The maximum Gasteiger partial charge on any atom is 0.330 e. The van der Waals surface area contributed by atoms with Gasteiger partial charge in [0.25, 0.3) is 11.5 Å². The molecule has 184 valence electrons. The van der Waals surface area contributed by atoms with Crippen LogP contribution in [0.2, 0.25) is 10.0 Å². The van der Waals surface area contributed by atoms with Gasteiger partial charge < -0.3 is 14.6 Å². The van der Waals surface area contributed by atoms with E-state index >= 15 is 0 Å². The molecule has 0 bridgehead atoms. The Balaban J connectivity index is 1.95. The molecule has 0 aliphatic carbocycles. The van der Waals surface area contributed by atoms with E-state index in [0.29, 0.717) is 16.8 Å². The number of benzene rings is 2. The second kappa shape index (κ2) is 10.5. The molecule has 0 fully saturated rings. The maximum atomic E-state index is 12.8. The van der Waals surface area contributed by atoms with Gasteiger partial charge in [-0.05, 0) is 42.7 Å². The number of nitrogens with zero attached hydrogens (tertiary/aromatic N) is 2. The van der Waals surface area contributed by atoms with Crippen LogP contribution in [-0.2, 0) is 30.0 Å². The number of amides is 1. The molecule has 1 unspecified atom stereocenters. The molecule has 10 heteroatoms. The summed E-state index contributed by atoms with van der Waals surface area (Å²) in [4.78, 5) is 50.3. The first-order valence-corrected chi connectivity index (χ1v) is 11.4. The van der Waals surface area contributed by atoms with E-state index in [1.807, 2.05) is 13.0 Å². The zero-order valence-electron chi connectivity index (χ0n) is 19.9. The number of aromatic nitrogens is 2. The second-order valence-corrected chi connectivity index (χ2v) is 8.98. The van der Waals surface area contributed by atoms with Crippen LogP contribution in [0.25, 0.3) is 11.1 Å². The van der Waals surface area contributed by atoms with E-state index in [1.54, 1.807) is 32.2 Å². The lowest BCUT2D eigenvalue weighted by atomic mass is 9.95. The molecule has 0 spiro atoms. The number of carbonyl (C=O) groups excluding carboxylic acids is 2. The molecular weight excluding hydrogens is 493 g/mol. The molecule has 0 saturated heterocycles. The van der Waals surface area contributed by atoms with Crippen molar-refractivity contribution in [2.75, 3.05) is 7.11 Å². The highest BCUT2D eigenvalue weighted by molar-refractivity contribution is 6.39. The van der Waals surface area contributed by atoms with Crippen molar-refractivity contribution in [2.24, 2.45) is 14.1 Å². The molecule has 1 atom stereocenters. The minimum atomic E-state index is -1.00. The third kappa shape index (κ3) is 5.18. The van der Waals surface area contributed by atoms with Gasteiger partial charge in [0, 0.05) is 26.2 Å². The number of ether oxygens (including phenoxy) is 1. The molecule has 8 nitrogen and oxygen atoms in total. The van der Waals surface area contributed by atoms with E-state index in [9.17, 15) is 19.2 Å². The fraction of sp³-hybridized carbons (Fsp3) is 0.280. The van der Waals surface area contributed by atoms with Gasteiger partial charge in [0.2, 0.25) is 0 Å². The van der Waals surface area contributed by atoms with Crippen LogP contribution < -0.4 is 16.6 Å². The fourth-order valence-electron chi connectivity index (χ4n) is 3.91. The van der Waals surface area contributed by atoms with Crippen LogP contribution in [0.3, 0.4) is 0 Å². The number of hydrogen-bond donors (Lipinski definition) is 1. The minimum Gasteiger partial charge on any atom is -0.467 e. The lowest BCUT2D eigenvalue weighted by Gasteiger charge is -2.19. The van der Waals surface area contributed by atoms with E-state index in [4.69, 9.17) is 27.9 Å². The highest BCUT2D eigenvalue weighted by Gasteiger charge is 2.25. The van der Waals surface area contributed by atoms with Gasteiger partial charge in [-0.25, -0.2) is 9.59 Å². The Labute approximate surface area is 212 Å². The van der Waals surface area contributed by atoms with Crippen molar-refractivity contribution in [1.82, 2.24) is 14.5 Å². The molecule has 2 aromatic carbocycles. The van der Waals surface area contributed by atoms with Crippen LogP contribution in [0.4, 0.5) is 0 Å². The Morgan fingerprint density at radius 1 is 1.03 bits per heavy atom. The minimum absolute atomic E-state index is 0.0669. The van der Waals surface area contributed by atoms with Crippen molar-refractivity contribution in [3.63, 3.8) is 0 Å². The molecule has 3 aromatic rings. The Hall–Kier alpha value is -3.36. The van der Waals surface area contributed by atoms with Crippen LogP contribution in [-0.4, -0.2) is 34.2 Å². The summed E-state index contributed by atoms with van der Waals surface area (Å²) in [6.07, 6.45) is 0.131. The Morgan fingerprint density at radius 3 is 2.23 bits per heavy atom. The van der Waals surface area contributed by atoms with Crippen LogP contribution in [0.15, 0.2) is 46.0 Å². The van der Waals surface area contributed by atoms with Gasteiger partial charge in [-0.1, -0.05) is 47.5 Å². The summed E-state index contributed by atoms with van der Waals surface area (Å²) < 4.78 is 7.37. The fourth-order valence-corrected chi connectivity index (χ4v) is 4.47. The number of methoxy groups -OCH3 is 1. The van der Waals surface area contributed by atoms with Gasteiger partial charge in [-0.15, -0.1) is 0 Å². The molecule has 1 heterocycles. The normalized spacial score (nSPS) is 11.7. The molecule has 1 aromatic heterocycles. The van der Waals surface area contributed by atoms with Crippen molar-refractivity contribution < 1.29 is 14.3 Å². The Morgan fingerprint density at radius 2 is 1.66 bits per heavy atom. The summed E-state index contributed by atoms with van der Waals surface area (Å²) in [6, 6.07) is 9.02. The number of hydrogen-bond acceptors (Lipinski definition) is 5. The number of rotatable bonds is 6. The van der Waals surface area contributed by atoms with Crippen LogP contribution in [0.1, 0.15) is 27.2 Å².